The van der Waals surface area contributed by atoms with Crippen molar-refractivity contribution in [2.45, 2.75) is 33.2 Å². The highest BCUT2D eigenvalue weighted by Gasteiger charge is 2.28. The number of rotatable bonds is 3. The zero-order chi connectivity index (χ0) is 14.7. The number of nitrogen functional groups attached to an aromatic ring is 1. The maximum Gasteiger partial charge on any atom is 0.241 e. The van der Waals surface area contributed by atoms with Crippen molar-refractivity contribution in [1.29, 1.82) is 0 Å². The number of nitrogens with zero attached hydrogens (tertiary/aromatic N) is 1. The predicted molar refractivity (Wildman–Crippen MR) is 83.5 cm³/mol. The first kappa shape index (κ1) is 14.9. The summed E-state index contributed by atoms with van der Waals surface area (Å²) in [5.74, 6) is 1.35. The fourth-order valence-corrected chi connectivity index (χ4v) is 3.06. The van der Waals surface area contributed by atoms with Gasteiger partial charge in [0.1, 0.15) is 0 Å². The van der Waals surface area contributed by atoms with Crippen LogP contribution in [0.1, 0.15) is 27.2 Å². The number of nitrogens with one attached hydrogen (secondary N) is 1. The molecule has 3 N–H and O–H groups in total. The van der Waals surface area contributed by atoms with Crippen LogP contribution >= 0.6 is 0 Å². The number of piperidine rings is 1. The van der Waals surface area contributed by atoms with E-state index in [0.29, 0.717) is 17.5 Å². The normalized spacial score (nSPS) is 25.1. The summed E-state index contributed by atoms with van der Waals surface area (Å²) in [5.41, 5.74) is 7.15. The molecule has 0 aromatic heterocycles. The molecule has 1 heterocycles. The van der Waals surface area contributed by atoms with E-state index in [0.717, 1.165) is 18.8 Å². The smallest absolute Gasteiger partial charge is 0.241 e. The third kappa shape index (κ3) is 3.73. The van der Waals surface area contributed by atoms with Crippen molar-refractivity contribution in [2.75, 3.05) is 24.1 Å². The molecule has 0 radical (unpaired) electrons. The number of carbonyl (C=O) groups is 1. The fraction of sp³-hybridized carbons (Fsp3) is 0.562. The van der Waals surface area contributed by atoms with E-state index >= 15 is 0 Å². The molecular formula is C16H25N3O. The Hall–Kier alpha value is -1.55. The van der Waals surface area contributed by atoms with Gasteiger partial charge in [-0.1, -0.05) is 19.9 Å². The van der Waals surface area contributed by atoms with E-state index < -0.39 is 0 Å². The van der Waals surface area contributed by atoms with E-state index in [4.69, 9.17) is 5.73 Å². The summed E-state index contributed by atoms with van der Waals surface area (Å²) in [7, 11) is 0. The number of amides is 1. The van der Waals surface area contributed by atoms with Crippen molar-refractivity contribution >= 4 is 17.3 Å². The van der Waals surface area contributed by atoms with E-state index in [9.17, 15) is 4.79 Å². The second kappa shape index (κ2) is 6.27. The molecule has 3 atom stereocenters. The Kier molecular flexibility index (Phi) is 4.65. The number of hydrogen-bond donors (Lipinski definition) is 2. The topological polar surface area (TPSA) is 58.4 Å². The molecule has 1 saturated heterocycles. The molecule has 4 heteroatoms. The number of nitrogens with two attached hydrogens (primary N) is 1. The highest BCUT2D eigenvalue weighted by molar-refractivity contribution is 5.94. The van der Waals surface area contributed by atoms with Gasteiger partial charge < -0.3 is 11.1 Å². The maximum atomic E-state index is 12.3. The van der Waals surface area contributed by atoms with Gasteiger partial charge in [-0.2, -0.15) is 0 Å². The lowest BCUT2D eigenvalue weighted by Gasteiger charge is -2.38. The second-order valence-corrected chi connectivity index (χ2v) is 6.19. The molecule has 0 bridgehead atoms. The lowest BCUT2D eigenvalue weighted by atomic mass is 9.91. The highest BCUT2D eigenvalue weighted by Crippen LogP contribution is 2.23. The molecule has 1 aliphatic heterocycles. The third-order valence-corrected chi connectivity index (χ3v) is 3.98. The van der Waals surface area contributed by atoms with Crippen LogP contribution in [0.2, 0.25) is 0 Å². The molecule has 0 spiro atoms. The van der Waals surface area contributed by atoms with Crippen LogP contribution in [-0.2, 0) is 4.79 Å². The first-order valence-corrected chi connectivity index (χ1v) is 7.36. The SMILES string of the molecule is CC1CC(C)CN(C(C)C(=O)Nc2cccc(N)c2)C1. The largest absolute Gasteiger partial charge is 0.399 e. The van der Waals surface area contributed by atoms with Crippen LogP contribution in [0.15, 0.2) is 24.3 Å². The molecule has 20 heavy (non-hydrogen) atoms. The number of carbonyl (C=O) groups excluding carboxylic acids is 1. The van der Waals surface area contributed by atoms with Gasteiger partial charge >= 0.3 is 0 Å². The number of hydrogen-bond acceptors (Lipinski definition) is 3. The van der Waals surface area contributed by atoms with Gasteiger partial charge in [-0.15, -0.1) is 0 Å². The van der Waals surface area contributed by atoms with E-state index in [1.807, 2.05) is 25.1 Å². The van der Waals surface area contributed by atoms with Gasteiger partial charge in [0.2, 0.25) is 5.91 Å². The van der Waals surface area contributed by atoms with Crippen LogP contribution in [0.5, 0.6) is 0 Å². The minimum absolute atomic E-state index is 0.0388. The summed E-state index contributed by atoms with van der Waals surface area (Å²) >= 11 is 0. The van der Waals surface area contributed by atoms with Gasteiger partial charge in [-0.25, -0.2) is 0 Å². The van der Waals surface area contributed by atoms with Crippen molar-refractivity contribution in [3.63, 3.8) is 0 Å². The van der Waals surface area contributed by atoms with Crippen molar-refractivity contribution < 1.29 is 4.79 Å². The Bertz CT molecular complexity index is 465. The molecule has 4 nitrogen and oxygen atoms in total. The summed E-state index contributed by atoms with van der Waals surface area (Å²) in [5, 5.41) is 2.95. The Balaban J connectivity index is 1.98. The Morgan fingerprint density at radius 1 is 1.35 bits per heavy atom. The Labute approximate surface area is 121 Å². The van der Waals surface area contributed by atoms with Crippen LogP contribution < -0.4 is 11.1 Å². The Morgan fingerprint density at radius 3 is 2.60 bits per heavy atom. The molecule has 1 fully saturated rings. The molecular weight excluding hydrogens is 250 g/mol. The third-order valence-electron chi connectivity index (χ3n) is 3.98. The van der Waals surface area contributed by atoms with E-state index in [-0.39, 0.29) is 11.9 Å². The van der Waals surface area contributed by atoms with Crippen LogP contribution in [0.25, 0.3) is 0 Å². The first-order valence-electron chi connectivity index (χ1n) is 7.36. The second-order valence-electron chi connectivity index (χ2n) is 6.19. The van der Waals surface area contributed by atoms with E-state index in [2.05, 4.69) is 24.1 Å². The van der Waals surface area contributed by atoms with Gasteiger partial charge in [0.05, 0.1) is 6.04 Å². The number of anilines is 2. The highest BCUT2D eigenvalue weighted by atomic mass is 16.2. The van der Waals surface area contributed by atoms with Crippen LogP contribution in [0, 0.1) is 11.8 Å². The minimum Gasteiger partial charge on any atom is -0.399 e. The van der Waals surface area contributed by atoms with Crippen LogP contribution in [0.4, 0.5) is 11.4 Å². The quantitative estimate of drug-likeness (QED) is 0.834. The Morgan fingerprint density at radius 2 is 2.00 bits per heavy atom. The summed E-state index contributed by atoms with van der Waals surface area (Å²) in [6.45, 7) is 8.48. The van der Waals surface area contributed by atoms with Crippen molar-refractivity contribution in [2.24, 2.45) is 11.8 Å². The van der Waals surface area contributed by atoms with Crippen molar-refractivity contribution in [3.8, 4) is 0 Å². The van der Waals surface area contributed by atoms with E-state index in [1.165, 1.54) is 6.42 Å². The molecule has 1 aromatic carbocycles. The average Bonchev–Trinajstić information content (AvgIpc) is 2.36. The summed E-state index contributed by atoms with van der Waals surface area (Å²) < 4.78 is 0. The maximum absolute atomic E-state index is 12.3. The summed E-state index contributed by atoms with van der Waals surface area (Å²) in [6.07, 6.45) is 1.25. The number of benzene rings is 1. The monoisotopic (exact) mass is 275 g/mol. The summed E-state index contributed by atoms with van der Waals surface area (Å²) in [4.78, 5) is 14.6. The molecule has 1 aliphatic rings. The van der Waals surface area contributed by atoms with Crippen LogP contribution in [-0.4, -0.2) is 29.9 Å². The first-order chi connectivity index (χ1) is 9.45. The van der Waals surface area contributed by atoms with Crippen molar-refractivity contribution in [1.82, 2.24) is 4.90 Å². The zero-order valence-corrected chi connectivity index (χ0v) is 12.6. The van der Waals surface area contributed by atoms with Gasteiger partial charge in [0.15, 0.2) is 0 Å². The van der Waals surface area contributed by atoms with Crippen LogP contribution in [0.3, 0.4) is 0 Å². The molecule has 1 amide bonds. The van der Waals surface area contributed by atoms with Gasteiger partial charge in [-0.05, 0) is 43.4 Å². The molecule has 3 unspecified atom stereocenters. The lowest BCUT2D eigenvalue weighted by molar-refractivity contribution is -0.121. The van der Waals surface area contributed by atoms with E-state index in [1.54, 1.807) is 6.07 Å². The number of likely N-dealkylation sites (tertiary alicyclic amines) is 1. The molecule has 2 rings (SSSR count). The standard InChI is InChI=1S/C16H25N3O/c1-11-7-12(2)10-19(9-11)13(3)16(20)18-15-6-4-5-14(17)8-15/h4-6,8,11-13H,7,9-10,17H2,1-3H3,(H,18,20). The minimum atomic E-state index is -0.110. The fourth-order valence-electron chi connectivity index (χ4n) is 3.06. The average molecular weight is 275 g/mol. The molecule has 110 valence electrons. The molecule has 0 aliphatic carbocycles. The molecule has 1 aromatic rings. The lowest BCUT2D eigenvalue weighted by Crippen LogP contribution is -2.48. The van der Waals surface area contributed by atoms with Gasteiger partial charge in [0, 0.05) is 24.5 Å². The van der Waals surface area contributed by atoms with Gasteiger partial charge in [-0.3, -0.25) is 9.69 Å². The van der Waals surface area contributed by atoms with Crippen molar-refractivity contribution in [3.05, 3.63) is 24.3 Å². The summed E-state index contributed by atoms with van der Waals surface area (Å²) in [6, 6.07) is 7.20. The van der Waals surface area contributed by atoms with Gasteiger partial charge in [0.25, 0.3) is 0 Å². The predicted octanol–water partition coefficient (Wildman–Crippen LogP) is 2.57. The zero-order valence-electron chi connectivity index (χ0n) is 12.6. The molecule has 0 saturated carbocycles.